The summed E-state index contributed by atoms with van der Waals surface area (Å²) in [7, 11) is 1.52. The van der Waals surface area contributed by atoms with Crippen LogP contribution in [0.2, 0.25) is 0 Å². The number of thiophene rings is 1. The predicted octanol–water partition coefficient (Wildman–Crippen LogP) is 3.50. The highest BCUT2D eigenvalue weighted by molar-refractivity contribution is 9.10. The van der Waals surface area contributed by atoms with E-state index in [1.165, 1.54) is 18.4 Å². The molecule has 0 atom stereocenters. The van der Waals surface area contributed by atoms with Crippen molar-refractivity contribution in [2.24, 2.45) is 0 Å². The molecule has 6 nitrogen and oxygen atoms in total. The van der Waals surface area contributed by atoms with Crippen LogP contribution >= 0.6 is 27.3 Å². The standard InChI is InChI=1S/C15H12BrN3O3S/c1-21-11-5-4-9(16)7-10(11)15(20)17-8-13-18-14(19-22-13)12-3-2-6-23-12/h2-7H,8H2,1H3,(H,17,20). The molecule has 0 saturated heterocycles. The highest BCUT2D eigenvalue weighted by Crippen LogP contribution is 2.23. The zero-order chi connectivity index (χ0) is 16.2. The molecule has 1 aromatic carbocycles. The van der Waals surface area contributed by atoms with Gasteiger partial charge in [-0.15, -0.1) is 11.3 Å². The van der Waals surface area contributed by atoms with E-state index in [1.807, 2.05) is 17.5 Å². The first-order valence-corrected chi connectivity index (χ1v) is 8.33. The van der Waals surface area contributed by atoms with Crippen molar-refractivity contribution < 1.29 is 14.1 Å². The number of methoxy groups -OCH3 is 1. The molecular weight excluding hydrogens is 382 g/mol. The fraction of sp³-hybridized carbons (Fsp3) is 0.133. The Morgan fingerprint density at radius 3 is 3.04 bits per heavy atom. The van der Waals surface area contributed by atoms with Crippen LogP contribution < -0.4 is 10.1 Å². The lowest BCUT2D eigenvalue weighted by molar-refractivity contribution is 0.0943. The van der Waals surface area contributed by atoms with Gasteiger partial charge in [0, 0.05) is 4.47 Å². The molecule has 0 unspecified atom stereocenters. The molecule has 0 aliphatic heterocycles. The van der Waals surface area contributed by atoms with E-state index in [1.54, 1.807) is 18.2 Å². The number of amides is 1. The van der Waals surface area contributed by atoms with Crippen LogP contribution in [0.25, 0.3) is 10.7 Å². The monoisotopic (exact) mass is 393 g/mol. The predicted molar refractivity (Wildman–Crippen MR) is 89.5 cm³/mol. The molecular formula is C15H12BrN3O3S. The number of carbonyl (C=O) groups excluding carboxylic acids is 1. The van der Waals surface area contributed by atoms with Gasteiger partial charge in [-0.3, -0.25) is 4.79 Å². The highest BCUT2D eigenvalue weighted by Gasteiger charge is 2.15. The molecule has 0 fully saturated rings. The van der Waals surface area contributed by atoms with E-state index < -0.39 is 0 Å². The number of rotatable bonds is 5. The van der Waals surface area contributed by atoms with E-state index in [0.717, 1.165) is 9.35 Å². The summed E-state index contributed by atoms with van der Waals surface area (Å²) in [5, 5.41) is 8.58. The molecule has 8 heteroatoms. The van der Waals surface area contributed by atoms with Crippen molar-refractivity contribution in [1.29, 1.82) is 0 Å². The molecule has 0 spiro atoms. The molecule has 1 N–H and O–H groups in total. The maximum absolute atomic E-state index is 12.3. The number of ether oxygens (including phenoxy) is 1. The molecule has 0 saturated carbocycles. The van der Waals surface area contributed by atoms with Gasteiger partial charge in [-0.2, -0.15) is 4.98 Å². The third-order valence-corrected chi connectivity index (χ3v) is 4.38. The van der Waals surface area contributed by atoms with Gasteiger partial charge in [-0.25, -0.2) is 0 Å². The van der Waals surface area contributed by atoms with Crippen molar-refractivity contribution in [1.82, 2.24) is 15.5 Å². The fourth-order valence-electron chi connectivity index (χ4n) is 1.94. The van der Waals surface area contributed by atoms with Gasteiger partial charge in [0.1, 0.15) is 5.75 Å². The Kier molecular flexibility index (Phi) is 4.73. The highest BCUT2D eigenvalue weighted by atomic mass is 79.9. The number of nitrogens with one attached hydrogen (secondary N) is 1. The molecule has 2 aromatic heterocycles. The summed E-state index contributed by atoms with van der Waals surface area (Å²) in [6, 6.07) is 9.04. The molecule has 118 valence electrons. The number of carbonyl (C=O) groups is 1. The van der Waals surface area contributed by atoms with Gasteiger partial charge in [0.25, 0.3) is 5.91 Å². The average Bonchev–Trinajstić information content (AvgIpc) is 3.23. The zero-order valence-electron chi connectivity index (χ0n) is 12.1. The number of aromatic nitrogens is 2. The Bertz CT molecular complexity index is 817. The fourth-order valence-corrected chi connectivity index (χ4v) is 2.95. The molecule has 23 heavy (non-hydrogen) atoms. The number of nitrogens with zero attached hydrogens (tertiary/aromatic N) is 2. The normalized spacial score (nSPS) is 10.5. The van der Waals surface area contributed by atoms with Gasteiger partial charge in [-0.1, -0.05) is 27.2 Å². The van der Waals surface area contributed by atoms with Crippen LogP contribution in [0.3, 0.4) is 0 Å². The maximum atomic E-state index is 12.3. The van der Waals surface area contributed by atoms with E-state index in [9.17, 15) is 4.79 Å². The Hall–Kier alpha value is -2.19. The SMILES string of the molecule is COc1ccc(Br)cc1C(=O)NCc1nc(-c2cccs2)no1. The minimum Gasteiger partial charge on any atom is -0.496 e. The topological polar surface area (TPSA) is 77.2 Å². The minimum absolute atomic E-state index is 0.146. The lowest BCUT2D eigenvalue weighted by atomic mass is 10.2. The van der Waals surface area contributed by atoms with Gasteiger partial charge in [-0.05, 0) is 29.6 Å². The lowest BCUT2D eigenvalue weighted by Crippen LogP contribution is -2.23. The van der Waals surface area contributed by atoms with E-state index in [-0.39, 0.29) is 12.5 Å². The lowest BCUT2D eigenvalue weighted by Gasteiger charge is -2.08. The van der Waals surface area contributed by atoms with E-state index in [4.69, 9.17) is 9.26 Å². The Morgan fingerprint density at radius 2 is 2.30 bits per heavy atom. The van der Waals surface area contributed by atoms with E-state index >= 15 is 0 Å². The molecule has 0 radical (unpaired) electrons. The van der Waals surface area contributed by atoms with Crippen LogP contribution in [-0.2, 0) is 6.54 Å². The summed E-state index contributed by atoms with van der Waals surface area (Å²) in [6.45, 7) is 0.146. The molecule has 3 aromatic rings. The second kappa shape index (κ2) is 6.93. The third kappa shape index (κ3) is 3.59. The Labute approximate surface area is 144 Å². The first kappa shape index (κ1) is 15.7. The van der Waals surface area contributed by atoms with Crippen LogP contribution in [0.15, 0.2) is 44.7 Å². The second-order valence-corrected chi connectivity index (χ2v) is 6.38. The summed E-state index contributed by atoms with van der Waals surface area (Å²) >= 11 is 4.86. The first-order valence-electron chi connectivity index (χ1n) is 6.65. The quantitative estimate of drug-likeness (QED) is 0.717. The molecule has 1 amide bonds. The Balaban J connectivity index is 1.69. The van der Waals surface area contributed by atoms with Gasteiger partial charge >= 0.3 is 0 Å². The molecule has 2 heterocycles. The smallest absolute Gasteiger partial charge is 0.255 e. The van der Waals surface area contributed by atoms with Gasteiger partial charge in [0.2, 0.25) is 11.7 Å². The van der Waals surface area contributed by atoms with Crippen molar-refractivity contribution in [2.45, 2.75) is 6.54 Å². The van der Waals surface area contributed by atoms with Crippen LogP contribution in [0.1, 0.15) is 16.2 Å². The summed E-state index contributed by atoms with van der Waals surface area (Å²) in [4.78, 5) is 17.5. The first-order chi connectivity index (χ1) is 11.2. The van der Waals surface area contributed by atoms with Gasteiger partial charge < -0.3 is 14.6 Å². The van der Waals surface area contributed by atoms with Crippen LogP contribution in [0.5, 0.6) is 5.75 Å². The summed E-state index contributed by atoms with van der Waals surface area (Å²) in [5.74, 6) is 1.08. The van der Waals surface area contributed by atoms with E-state index in [0.29, 0.717) is 23.0 Å². The summed E-state index contributed by atoms with van der Waals surface area (Å²) < 4.78 is 11.1. The van der Waals surface area contributed by atoms with Gasteiger partial charge in [0.05, 0.1) is 24.1 Å². The van der Waals surface area contributed by atoms with Crippen molar-refractivity contribution in [3.05, 3.63) is 51.6 Å². The summed E-state index contributed by atoms with van der Waals surface area (Å²) in [5.41, 5.74) is 0.430. The summed E-state index contributed by atoms with van der Waals surface area (Å²) in [6.07, 6.45) is 0. The second-order valence-electron chi connectivity index (χ2n) is 4.52. The molecule has 0 aliphatic carbocycles. The van der Waals surface area contributed by atoms with Crippen LogP contribution in [-0.4, -0.2) is 23.2 Å². The van der Waals surface area contributed by atoms with Crippen molar-refractivity contribution >= 4 is 33.2 Å². The number of benzene rings is 1. The van der Waals surface area contributed by atoms with E-state index in [2.05, 4.69) is 31.4 Å². The van der Waals surface area contributed by atoms with Crippen molar-refractivity contribution in [3.8, 4) is 16.5 Å². The third-order valence-electron chi connectivity index (χ3n) is 3.02. The Morgan fingerprint density at radius 1 is 1.43 bits per heavy atom. The molecule has 0 bridgehead atoms. The van der Waals surface area contributed by atoms with Crippen molar-refractivity contribution in [3.63, 3.8) is 0 Å². The van der Waals surface area contributed by atoms with Crippen LogP contribution in [0.4, 0.5) is 0 Å². The largest absolute Gasteiger partial charge is 0.496 e. The zero-order valence-corrected chi connectivity index (χ0v) is 14.5. The van der Waals surface area contributed by atoms with Crippen LogP contribution in [0, 0.1) is 0 Å². The molecule has 3 rings (SSSR count). The number of halogens is 1. The minimum atomic E-state index is -0.279. The number of hydrogen-bond acceptors (Lipinski definition) is 6. The molecule has 0 aliphatic rings. The maximum Gasteiger partial charge on any atom is 0.255 e. The average molecular weight is 394 g/mol. The van der Waals surface area contributed by atoms with Gasteiger partial charge in [0.15, 0.2) is 0 Å². The number of hydrogen-bond donors (Lipinski definition) is 1. The van der Waals surface area contributed by atoms with Crippen molar-refractivity contribution in [2.75, 3.05) is 7.11 Å².